The van der Waals surface area contributed by atoms with Crippen LogP contribution in [-0.2, 0) is 4.74 Å². The highest BCUT2D eigenvalue weighted by molar-refractivity contribution is 9.10. The summed E-state index contributed by atoms with van der Waals surface area (Å²) in [6.07, 6.45) is 1.62. The highest BCUT2D eigenvalue weighted by Gasteiger charge is 2.13. The van der Waals surface area contributed by atoms with Crippen molar-refractivity contribution in [3.63, 3.8) is 0 Å². The van der Waals surface area contributed by atoms with Crippen molar-refractivity contribution in [3.8, 4) is 0 Å². The van der Waals surface area contributed by atoms with Crippen LogP contribution in [-0.4, -0.2) is 37.7 Å². The van der Waals surface area contributed by atoms with Crippen LogP contribution in [0.25, 0.3) is 0 Å². The molecule has 0 aromatic carbocycles. The predicted octanol–water partition coefficient (Wildman–Crippen LogP) is 1.65. The number of hydrogen-bond donors (Lipinski definition) is 2. The number of ether oxygens (including phenoxy) is 1. The Kier molecular flexibility index (Phi) is 5.37. The fraction of sp³-hybridized carbons (Fsp3) is 0.455. The average molecular weight is 302 g/mol. The van der Waals surface area contributed by atoms with Crippen LogP contribution in [0.2, 0.25) is 0 Å². The first kappa shape index (κ1) is 13.9. The van der Waals surface area contributed by atoms with E-state index in [9.17, 15) is 4.79 Å². The van der Waals surface area contributed by atoms with E-state index in [-0.39, 0.29) is 12.0 Å². The predicted molar refractivity (Wildman–Crippen MR) is 70.3 cm³/mol. The second-order valence-corrected chi connectivity index (χ2v) is 4.47. The van der Waals surface area contributed by atoms with Gasteiger partial charge in [-0.2, -0.15) is 0 Å². The topological polar surface area (TPSA) is 63.2 Å². The third-order valence-electron chi connectivity index (χ3n) is 2.29. The fourth-order valence-electron chi connectivity index (χ4n) is 1.23. The SMILES string of the molecule is CNc1ncc(Br)cc1C(=O)NCC(C)OC. The van der Waals surface area contributed by atoms with Gasteiger partial charge in [0, 0.05) is 31.4 Å². The Labute approximate surface area is 109 Å². The zero-order valence-corrected chi connectivity index (χ0v) is 11.7. The van der Waals surface area contributed by atoms with Gasteiger partial charge in [0.2, 0.25) is 0 Å². The van der Waals surface area contributed by atoms with Gasteiger partial charge in [0.25, 0.3) is 5.91 Å². The number of amides is 1. The molecular weight excluding hydrogens is 286 g/mol. The summed E-state index contributed by atoms with van der Waals surface area (Å²) in [6, 6.07) is 1.73. The van der Waals surface area contributed by atoms with Crippen molar-refractivity contribution >= 4 is 27.7 Å². The molecule has 0 aliphatic heterocycles. The molecule has 1 amide bonds. The molecule has 5 nitrogen and oxygen atoms in total. The van der Waals surface area contributed by atoms with Crippen LogP contribution >= 0.6 is 15.9 Å². The molecule has 1 aromatic heterocycles. The second kappa shape index (κ2) is 6.56. The van der Waals surface area contributed by atoms with Gasteiger partial charge >= 0.3 is 0 Å². The van der Waals surface area contributed by atoms with Crippen molar-refractivity contribution < 1.29 is 9.53 Å². The van der Waals surface area contributed by atoms with Crippen molar-refractivity contribution in [2.45, 2.75) is 13.0 Å². The Morgan fingerprint density at radius 2 is 2.35 bits per heavy atom. The number of nitrogens with one attached hydrogen (secondary N) is 2. The van der Waals surface area contributed by atoms with E-state index < -0.39 is 0 Å². The fourth-order valence-corrected chi connectivity index (χ4v) is 1.56. The Morgan fingerprint density at radius 3 is 2.94 bits per heavy atom. The van der Waals surface area contributed by atoms with Gasteiger partial charge in [0.1, 0.15) is 5.82 Å². The van der Waals surface area contributed by atoms with E-state index in [1.54, 1.807) is 26.4 Å². The third-order valence-corrected chi connectivity index (χ3v) is 2.72. The molecule has 1 aromatic rings. The van der Waals surface area contributed by atoms with Crippen LogP contribution in [0.3, 0.4) is 0 Å². The first-order chi connectivity index (χ1) is 8.08. The summed E-state index contributed by atoms with van der Waals surface area (Å²) in [4.78, 5) is 16.0. The Bertz CT molecular complexity index is 398. The van der Waals surface area contributed by atoms with E-state index in [1.165, 1.54) is 0 Å². The van der Waals surface area contributed by atoms with Crippen LogP contribution in [0.5, 0.6) is 0 Å². The lowest BCUT2D eigenvalue weighted by molar-refractivity contribution is 0.0871. The number of carbonyl (C=O) groups excluding carboxylic acids is 1. The van der Waals surface area contributed by atoms with Crippen LogP contribution < -0.4 is 10.6 Å². The normalized spacial score (nSPS) is 12.0. The van der Waals surface area contributed by atoms with Gasteiger partial charge in [0.05, 0.1) is 11.7 Å². The molecule has 0 fully saturated rings. The van der Waals surface area contributed by atoms with E-state index in [0.29, 0.717) is 17.9 Å². The molecule has 1 rings (SSSR count). The quantitative estimate of drug-likeness (QED) is 0.868. The Morgan fingerprint density at radius 1 is 1.65 bits per heavy atom. The highest BCUT2D eigenvalue weighted by atomic mass is 79.9. The third kappa shape index (κ3) is 3.98. The van der Waals surface area contributed by atoms with Crippen LogP contribution in [0.15, 0.2) is 16.7 Å². The van der Waals surface area contributed by atoms with Gasteiger partial charge < -0.3 is 15.4 Å². The number of halogens is 1. The van der Waals surface area contributed by atoms with Crippen LogP contribution in [0.1, 0.15) is 17.3 Å². The monoisotopic (exact) mass is 301 g/mol. The number of anilines is 1. The molecule has 1 heterocycles. The molecule has 0 aliphatic carbocycles. The lowest BCUT2D eigenvalue weighted by Crippen LogP contribution is -2.32. The lowest BCUT2D eigenvalue weighted by Gasteiger charge is -2.12. The van der Waals surface area contributed by atoms with Gasteiger partial charge in [-0.3, -0.25) is 4.79 Å². The molecule has 94 valence electrons. The minimum Gasteiger partial charge on any atom is -0.380 e. The number of pyridine rings is 1. The maximum absolute atomic E-state index is 11.9. The van der Waals surface area contributed by atoms with Gasteiger partial charge in [0.15, 0.2) is 0 Å². The first-order valence-corrected chi connectivity index (χ1v) is 6.02. The van der Waals surface area contributed by atoms with Gasteiger partial charge in [-0.25, -0.2) is 4.98 Å². The zero-order chi connectivity index (χ0) is 12.8. The summed E-state index contributed by atoms with van der Waals surface area (Å²) in [5, 5.41) is 5.67. The molecule has 0 saturated heterocycles. The van der Waals surface area contributed by atoms with Crippen molar-refractivity contribution in [2.24, 2.45) is 0 Å². The Hall–Kier alpha value is -1.14. The van der Waals surface area contributed by atoms with E-state index in [1.807, 2.05) is 6.92 Å². The summed E-state index contributed by atoms with van der Waals surface area (Å²) >= 11 is 3.29. The molecule has 17 heavy (non-hydrogen) atoms. The van der Waals surface area contributed by atoms with Crippen molar-refractivity contribution in [1.82, 2.24) is 10.3 Å². The number of nitrogens with zero attached hydrogens (tertiary/aromatic N) is 1. The molecule has 0 saturated carbocycles. The maximum atomic E-state index is 11.9. The highest BCUT2D eigenvalue weighted by Crippen LogP contribution is 2.17. The van der Waals surface area contributed by atoms with E-state index in [0.717, 1.165) is 4.47 Å². The van der Waals surface area contributed by atoms with E-state index in [2.05, 4.69) is 31.5 Å². The molecule has 0 spiro atoms. The zero-order valence-electron chi connectivity index (χ0n) is 10.1. The molecule has 0 radical (unpaired) electrons. The number of methoxy groups -OCH3 is 1. The number of rotatable bonds is 5. The minimum absolute atomic E-state index is 0.0166. The molecule has 1 unspecified atom stereocenters. The van der Waals surface area contributed by atoms with Crippen molar-refractivity contribution in [1.29, 1.82) is 0 Å². The second-order valence-electron chi connectivity index (χ2n) is 3.56. The molecule has 1 atom stereocenters. The molecule has 0 bridgehead atoms. The van der Waals surface area contributed by atoms with Gasteiger partial charge in [-0.05, 0) is 28.9 Å². The number of aromatic nitrogens is 1. The minimum atomic E-state index is -0.174. The standard InChI is InChI=1S/C11H16BrN3O2/c1-7(17-3)5-15-11(16)9-4-8(12)6-14-10(9)13-2/h4,6-7H,5H2,1-3H3,(H,13,14)(H,15,16). The molecule has 2 N–H and O–H groups in total. The average Bonchev–Trinajstić information content (AvgIpc) is 2.35. The Balaban J connectivity index is 2.77. The summed E-state index contributed by atoms with van der Waals surface area (Å²) in [5.41, 5.74) is 0.505. The van der Waals surface area contributed by atoms with E-state index >= 15 is 0 Å². The van der Waals surface area contributed by atoms with Crippen LogP contribution in [0.4, 0.5) is 5.82 Å². The number of hydrogen-bond acceptors (Lipinski definition) is 4. The largest absolute Gasteiger partial charge is 0.380 e. The number of carbonyl (C=O) groups is 1. The molecule has 6 heteroatoms. The van der Waals surface area contributed by atoms with Crippen molar-refractivity contribution in [2.75, 3.05) is 26.0 Å². The van der Waals surface area contributed by atoms with Crippen molar-refractivity contribution in [3.05, 3.63) is 22.3 Å². The summed E-state index contributed by atoms with van der Waals surface area (Å²) in [5.74, 6) is 0.378. The lowest BCUT2D eigenvalue weighted by atomic mass is 10.2. The summed E-state index contributed by atoms with van der Waals surface area (Å²) in [7, 11) is 3.33. The van der Waals surface area contributed by atoms with E-state index in [4.69, 9.17) is 4.74 Å². The summed E-state index contributed by atoms with van der Waals surface area (Å²) in [6.45, 7) is 2.35. The van der Waals surface area contributed by atoms with Crippen LogP contribution in [0, 0.1) is 0 Å². The van der Waals surface area contributed by atoms with Gasteiger partial charge in [-0.15, -0.1) is 0 Å². The molecule has 0 aliphatic rings. The molecular formula is C11H16BrN3O2. The summed E-state index contributed by atoms with van der Waals surface area (Å²) < 4.78 is 5.83. The smallest absolute Gasteiger partial charge is 0.255 e. The van der Waals surface area contributed by atoms with Gasteiger partial charge in [-0.1, -0.05) is 0 Å². The first-order valence-electron chi connectivity index (χ1n) is 5.22. The maximum Gasteiger partial charge on any atom is 0.255 e.